The van der Waals surface area contributed by atoms with Gasteiger partial charge in [-0.05, 0) is 86.9 Å². The number of carbonyl (C=O) groups is 2. The fourth-order valence-electron chi connectivity index (χ4n) is 11.5. The van der Waals surface area contributed by atoms with E-state index < -0.39 is 0 Å². The van der Waals surface area contributed by atoms with Crippen LogP contribution in [0.15, 0.2) is 22.3 Å². The van der Waals surface area contributed by atoms with Crippen LogP contribution in [-0.4, -0.2) is 25.2 Å². The first kappa shape index (κ1) is 21.0. The van der Waals surface area contributed by atoms with Crippen LogP contribution in [0.5, 0.6) is 0 Å². The second-order valence-electron chi connectivity index (χ2n) is 11.0. The molecule has 6 saturated carbocycles. The zero-order chi connectivity index (χ0) is 22.7. The average molecular weight is 439 g/mol. The Hall–Kier alpha value is -1.58. The molecule has 0 saturated heterocycles. The summed E-state index contributed by atoms with van der Waals surface area (Å²) in [7, 11) is 0. The fraction of sp³-hybridized carbons (Fsp3) is 0.786. The van der Waals surface area contributed by atoms with Crippen molar-refractivity contribution in [3.05, 3.63) is 22.3 Å². The van der Waals surface area contributed by atoms with Crippen molar-refractivity contribution in [1.82, 2.24) is 0 Å². The molecule has 4 nitrogen and oxygen atoms in total. The maximum atomic E-state index is 13.4. The molecular formula is C28H38O4. The molecule has 0 radical (unpaired) electrons. The molecule has 0 aliphatic heterocycles. The highest BCUT2D eigenvalue weighted by Gasteiger charge is 2.91. The minimum absolute atomic E-state index is 0.183. The first-order valence-electron chi connectivity index (χ1n) is 13.3. The number of ether oxygens (including phenoxy) is 2. The smallest absolute Gasteiger partial charge is 0.334 e. The van der Waals surface area contributed by atoms with Crippen molar-refractivity contribution in [2.45, 2.75) is 67.2 Å². The van der Waals surface area contributed by atoms with E-state index in [1.54, 1.807) is 11.1 Å². The van der Waals surface area contributed by atoms with Gasteiger partial charge in [-0.25, -0.2) is 9.59 Å². The zero-order valence-electron chi connectivity index (χ0n) is 20.5. The molecule has 9 aliphatic carbocycles. The Morgan fingerprint density at radius 3 is 1.59 bits per heavy atom. The van der Waals surface area contributed by atoms with Gasteiger partial charge in [0.05, 0.1) is 24.4 Å². The number of carbonyl (C=O) groups excluding carboxylic acids is 2. The first-order chi connectivity index (χ1) is 15.5. The Bertz CT molecular complexity index is 974. The predicted octanol–water partition coefficient (Wildman–Crippen LogP) is 5.33. The highest BCUT2D eigenvalue weighted by molar-refractivity contribution is 6.03. The third-order valence-electron chi connectivity index (χ3n) is 11.4. The minimum Gasteiger partial charge on any atom is -0.463 e. The SMILES string of the molecule is CCOC(=O)C1=C(C(=O)OCC)[C@H]2C3[C@@H]4[C@H]2[C@@H]2[C@H]1[C@H]3[C@]1(CC)C(CC)=C(CC)[C@]1(CC)[C@H]42. The molecule has 9 rings (SSSR count). The summed E-state index contributed by atoms with van der Waals surface area (Å²) in [6.07, 6.45) is 4.67. The zero-order valence-corrected chi connectivity index (χ0v) is 20.5. The molecule has 0 aromatic rings. The van der Waals surface area contributed by atoms with Gasteiger partial charge in [0, 0.05) is 10.8 Å². The van der Waals surface area contributed by atoms with Gasteiger partial charge in [0.2, 0.25) is 0 Å². The molecule has 0 spiro atoms. The quantitative estimate of drug-likeness (QED) is 0.380. The molecule has 0 amide bonds. The summed E-state index contributed by atoms with van der Waals surface area (Å²) in [4.78, 5) is 26.5. The van der Waals surface area contributed by atoms with E-state index in [2.05, 4.69) is 27.7 Å². The Morgan fingerprint density at radius 1 is 0.656 bits per heavy atom. The third-order valence-corrected chi connectivity index (χ3v) is 11.4. The number of hydrogen-bond acceptors (Lipinski definition) is 4. The van der Waals surface area contributed by atoms with Crippen molar-refractivity contribution >= 4 is 11.9 Å². The van der Waals surface area contributed by atoms with E-state index in [0.717, 1.165) is 24.3 Å². The lowest BCUT2D eigenvalue weighted by Gasteiger charge is -2.93. The van der Waals surface area contributed by atoms with Gasteiger partial charge in [0.1, 0.15) is 0 Å². The number of allylic oxidation sites excluding steroid dienone is 2. The molecular weight excluding hydrogens is 400 g/mol. The van der Waals surface area contributed by atoms with Gasteiger partial charge in [-0.15, -0.1) is 0 Å². The lowest BCUT2D eigenvalue weighted by Crippen LogP contribution is -2.89. The predicted molar refractivity (Wildman–Crippen MR) is 121 cm³/mol. The molecule has 6 fully saturated rings. The molecule has 8 bridgehead atoms. The van der Waals surface area contributed by atoms with E-state index in [9.17, 15) is 9.59 Å². The Kier molecular flexibility index (Phi) is 4.27. The lowest BCUT2D eigenvalue weighted by atomic mass is 9.10. The van der Waals surface area contributed by atoms with Crippen LogP contribution < -0.4 is 0 Å². The van der Waals surface area contributed by atoms with E-state index in [0.29, 0.717) is 53.8 Å². The normalized spacial score (nSPS) is 48.1. The first-order valence-corrected chi connectivity index (χ1v) is 13.3. The topological polar surface area (TPSA) is 52.6 Å². The largest absolute Gasteiger partial charge is 0.463 e. The average Bonchev–Trinajstić information content (AvgIpc) is 2.76. The van der Waals surface area contributed by atoms with Crippen LogP contribution >= 0.6 is 0 Å². The van der Waals surface area contributed by atoms with Crippen LogP contribution in [-0.2, 0) is 19.1 Å². The molecule has 4 heteroatoms. The number of hydrogen-bond donors (Lipinski definition) is 0. The van der Waals surface area contributed by atoms with E-state index in [4.69, 9.17) is 9.47 Å². The van der Waals surface area contributed by atoms with Crippen molar-refractivity contribution < 1.29 is 19.1 Å². The molecule has 32 heavy (non-hydrogen) atoms. The van der Waals surface area contributed by atoms with Gasteiger partial charge < -0.3 is 9.47 Å². The van der Waals surface area contributed by atoms with Crippen LogP contribution in [0, 0.1) is 58.2 Å². The van der Waals surface area contributed by atoms with Gasteiger partial charge in [-0.3, -0.25) is 0 Å². The third kappa shape index (κ3) is 1.72. The second-order valence-corrected chi connectivity index (χ2v) is 11.0. The Morgan fingerprint density at radius 2 is 1.12 bits per heavy atom. The highest BCUT2D eigenvalue weighted by atomic mass is 16.5. The molecule has 0 heterocycles. The second kappa shape index (κ2) is 6.51. The van der Waals surface area contributed by atoms with Gasteiger partial charge in [-0.2, -0.15) is 0 Å². The number of rotatable bonds is 8. The van der Waals surface area contributed by atoms with Crippen molar-refractivity contribution in [2.24, 2.45) is 58.2 Å². The number of esters is 2. The highest BCUT2D eigenvalue weighted by Crippen LogP contribution is 2.95. The van der Waals surface area contributed by atoms with Crippen molar-refractivity contribution in [3.8, 4) is 0 Å². The van der Waals surface area contributed by atoms with Crippen molar-refractivity contribution in [2.75, 3.05) is 13.2 Å². The maximum absolute atomic E-state index is 13.4. The van der Waals surface area contributed by atoms with Crippen LogP contribution in [0.3, 0.4) is 0 Å². The fourth-order valence-corrected chi connectivity index (χ4v) is 11.5. The molecule has 0 N–H and O–H groups in total. The minimum atomic E-state index is -0.253. The maximum Gasteiger partial charge on any atom is 0.334 e. The summed E-state index contributed by atoms with van der Waals surface area (Å²) in [5.74, 6) is 3.52. The standard InChI is InChI=1S/C28H38O4/c1-7-13-14(8-2)28(10-4)24-19-16-15-17(19)23(27(13,28)9-3)18(15)20(24)22(26(30)32-12-6)21(16)25(29)31-11-5/h15-20,23-24H,7-12H2,1-6H3/t15-,16+,17-,18+,19?,20+,23+,24-,27+,28-/m0/s1. The Balaban J connectivity index is 1.57. The summed E-state index contributed by atoms with van der Waals surface area (Å²) in [5, 5.41) is 0. The van der Waals surface area contributed by atoms with E-state index in [1.807, 2.05) is 13.8 Å². The van der Waals surface area contributed by atoms with Crippen molar-refractivity contribution in [3.63, 3.8) is 0 Å². The summed E-state index contributed by atoms with van der Waals surface area (Å²) in [5.41, 5.74) is 5.43. The van der Waals surface area contributed by atoms with Gasteiger partial charge in [-0.1, -0.05) is 38.8 Å². The monoisotopic (exact) mass is 438 g/mol. The molecule has 10 atom stereocenters. The van der Waals surface area contributed by atoms with Crippen LogP contribution in [0.2, 0.25) is 0 Å². The van der Waals surface area contributed by atoms with Gasteiger partial charge in [0.15, 0.2) is 0 Å². The van der Waals surface area contributed by atoms with Crippen LogP contribution in [0.25, 0.3) is 0 Å². The van der Waals surface area contributed by atoms with Crippen LogP contribution in [0.4, 0.5) is 0 Å². The lowest BCUT2D eigenvalue weighted by molar-refractivity contribution is -0.407. The summed E-state index contributed by atoms with van der Waals surface area (Å²) in [6, 6.07) is 0. The van der Waals surface area contributed by atoms with E-state index in [1.165, 1.54) is 12.8 Å². The van der Waals surface area contributed by atoms with Crippen LogP contribution in [0.1, 0.15) is 67.2 Å². The van der Waals surface area contributed by atoms with E-state index in [-0.39, 0.29) is 29.2 Å². The molecule has 174 valence electrons. The van der Waals surface area contributed by atoms with Gasteiger partial charge >= 0.3 is 11.9 Å². The molecule has 0 aromatic carbocycles. The summed E-state index contributed by atoms with van der Waals surface area (Å²) < 4.78 is 11.1. The molecule has 1 unspecified atom stereocenters. The summed E-state index contributed by atoms with van der Waals surface area (Å²) in [6.45, 7) is 13.9. The van der Waals surface area contributed by atoms with Gasteiger partial charge in [0.25, 0.3) is 0 Å². The van der Waals surface area contributed by atoms with E-state index >= 15 is 0 Å². The molecule has 0 aromatic heterocycles. The van der Waals surface area contributed by atoms with Crippen molar-refractivity contribution in [1.29, 1.82) is 0 Å². The Labute approximate surface area is 192 Å². The molecule has 9 aliphatic rings. The summed E-state index contributed by atoms with van der Waals surface area (Å²) >= 11 is 0.